The van der Waals surface area contributed by atoms with Crippen LogP contribution >= 0.6 is 11.6 Å². The van der Waals surface area contributed by atoms with Gasteiger partial charge in [-0.15, -0.1) is 0 Å². The highest BCUT2D eigenvalue weighted by Gasteiger charge is 2.41. The SMILES string of the molecule is COCCCOc1cc2c(cc1Cl)-c1c(cc(C(=O)O)c(=O)n1C1CC1)C(C1COC1)O2. The van der Waals surface area contributed by atoms with Crippen LogP contribution < -0.4 is 15.0 Å². The molecule has 1 atom stereocenters. The predicted molar refractivity (Wildman–Crippen MR) is 116 cm³/mol. The van der Waals surface area contributed by atoms with Gasteiger partial charge in [0.2, 0.25) is 0 Å². The lowest BCUT2D eigenvalue weighted by atomic mass is 9.87. The molecule has 0 radical (unpaired) electrons. The summed E-state index contributed by atoms with van der Waals surface area (Å²) in [5, 5.41) is 10.1. The molecule has 8 nitrogen and oxygen atoms in total. The lowest BCUT2D eigenvalue weighted by Gasteiger charge is -2.39. The summed E-state index contributed by atoms with van der Waals surface area (Å²) in [4.78, 5) is 25.0. The minimum Gasteiger partial charge on any atom is -0.492 e. The first-order chi connectivity index (χ1) is 15.5. The molecule has 1 aromatic heterocycles. The number of halogens is 1. The van der Waals surface area contributed by atoms with E-state index in [9.17, 15) is 14.7 Å². The second-order valence-electron chi connectivity index (χ2n) is 8.38. The van der Waals surface area contributed by atoms with Crippen molar-refractivity contribution in [3.8, 4) is 22.8 Å². The molecule has 1 saturated carbocycles. The molecule has 2 fully saturated rings. The van der Waals surface area contributed by atoms with Crippen LogP contribution in [0.2, 0.25) is 5.02 Å². The number of carboxylic acid groups (broad SMARTS) is 1. The Bertz CT molecular complexity index is 1120. The average molecular weight is 462 g/mol. The molecule has 170 valence electrons. The van der Waals surface area contributed by atoms with Gasteiger partial charge in [0.25, 0.3) is 5.56 Å². The summed E-state index contributed by atoms with van der Waals surface area (Å²) < 4.78 is 24.3. The fourth-order valence-corrected chi connectivity index (χ4v) is 4.50. The second kappa shape index (κ2) is 8.42. The zero-order valence-corrected chi connectivity index (χ0v) is 18.4. The quantitative estimate of drug-likeness (QED) is 0.599. The number of aromatic nitrogens is 1. The van der Waals surface area contributed by atoms with E-state index in [1.54, 1.807) is 23.8 Å². The minimum absolute atomic E-state index is 0.0245. The van der Waals surface area contributed by atoms with Crippen molar-refractivity contribution in [1.82, 2.24) is 4.57 Å². The lowest BCUT2D eigenvalue weighted by Crippen LogP contribution is -2.39. The third-order valence-corrected chi connectivity index (χ3v) is 6.39. The number of methoxy groups -OCH3 is 1. The Morgan fingerprint density at radius 1 is 1.25 bits per heavy atom. The predicted octanol–water partition coefficient (Wildman–Crippen LogP) is 3.70. The maximum Gasteiger partial charge on any atom is 0.341 e. The van der Waals surface area contributed by atoms with Crippen molar-refractivity contribution in [3.05, 3.63) is 44.7 Å². The third kappa shape index (κ3) is 3.66. The Morgan fingerprint density at radius 2 is 2.03 bits per heavy atom. The van der Waals surface area contributed by atoms with Crippen LogP contribution in [0.5, 0.6) is 11.5 Å². The van der Waals surface area contributed by atoms with Crippen LogP contribution in [-0.4, -0.2) is 49.2 Å². The van der Waals surface area contributed by atoms with E-state index in [1.165, 1.54) is 6.07 Å². The molecule has 3 heterocycles. The van der Waals surface area contributed by atoms with Crippen molar-refractivity contribution < 1.29 is 28.8 Å². The van der Waals surface area contributed by atoms with Crippen molar-refractivity contribution in [2.75, 3.05) is 33.5 Å². The molecule has 0 amide bonds. The first-order valence-electron chi connectivity index (χ1n) is 10.7. The van der Waals surface area contributed by atoms with Crippen molar-refractivity contribution in [2.45, 2.75) is 31.4 Å². The van der Waals surface area contributed by atoms with Gasteiger partial charge in [0.1, 0.15) is 23.2 Å². The number of hydrogen-bond donors (Lipinski definition) is 1. The van der Waals surface area contributed by atoms with Crippen LogP contribution in [-0.2, 0) is 9.47 Å². The molecular formula is C23H24ClNO7. The highest BCUT2D eigenvalue weighted by molar-refractivity contribution is 6.32. The van der Waals surface area contributed by atoms with E-state index in [0.29, 0.717) is 59.8 Å². The monoisotopic (exact) mass is 461 g/mol. The number of carbonyl (C=O) groups is 1. The van der Waals surface area contributed by atoms with Crippen LogP contribution in [0.15, 0.2) is 23.0 Å². The van der Waals surface area contributed by atoms with E-state index in [4.69, 9.17) is 30.5 Å². The number of aromatic carboxylic acids is 1. The van der Waals surface area contributed by atoms with Gasteiger partial charge in [-0.2, -0.15) is 0 Å². The summed E-state index contributed by atoms with van der Waals surface area (Å²) in [5.74, 6) is -0.108. The maximum atomic E-state index is 13.1. The molecule has 0 bridgehead atoms. The molecule has 1 saturated heterocycles. The van der Waals surface area contributed by atoms with Crippen LogP contribution in [0, 0.1) is 5.92 Å². The number of ether oxygens (including phenoxy) is 4. The van der Waals surface area contributed by atoms with Gasteiger partial charge in [0.15, 0.2) is 0 Å². The summed E-state index contributed by atoms with van der Waals surface area (Å²) in [6.07, 6.45) is 1.96. The van der Waals surface area contributed by atoms with E-state index < -0.39 is 17.6 Å². The van der Waals surface area contributed by atoms with Gasteiger partial charge in [-0.05, 0) is 25.0 Å². The first-order valence-corrected chi connectivity index (χ1v) is 11.1. The van der Waals surface area contributed by atoms with Crippen LogP contribution in [0.3, 0.4) is 0 Å². The molecule has 5 rings (SSSR count). The van der Waals surface area contributed by atoms with E-state index in [1.807, 2.05) is 0 Å². The summed E-state index contributed by atoms with van der Waals surface area (Å²) in [5.41, 5.74) is 1.32. The Kier molecular flexibility index (Phi) is 5.61. The van der Waals surface area contributed by atoms with E-state index in [-0.39, 0.29) is 17.5 Å². The number of nitrogens with zero attached hydrogens (tertiary/aromatic N) is 1. The molecule has 0 spiro atoms. The fourth-order valence-electron chi connectivity index (χ4n) is 4.28. The largest absolute Gasteiger partial charge is 0.492 e. The normalized spacial score (nSPS) is 19.5. The number of carboxylic acids is 1. The van der Waals surface area contributed by atoms with Crippen molar-refractivity contribution in [3.63, 3.8) is 0 Å². The molecule has 1 N–H and O–H groups in total. The van der Waals surface area contributed by atoms with Gasteiger partial charge in [-0.3, -0.25) is 4.79 Å². The standard InChI is InChI=1S/C23H24ClNO7/c1-29-5-2-6-31-19-9-18-14(8-17(19)24)20-15(21(32-18)12-10-30-11-12)7-16(23(27)28)22(26)25(20)13-3-4-13/h7-9,12-13,21H,2-6,10-11H2,1H3,(H,27,28). The summed E-state index contributed by atoms with van der Waals surface area (Å²) >= 11 is 6.53. The molecule has 2 aromatic rings. The van der Waals surface area contributed by atoms with Gasteiger partial charge in [-0.25, -0.2) is 4.79 Å². The number of pyridine rings is 1. The van der Waals surface area contributed by atoms with E-state index >= 15 is 0 Å². The van der Waals surface area contributed by atoms with Crippen LogP contribution in [0.1, 0.15) is 47.3 Å². The minimum atomic E-state index is -1.24. The topological polar surface area (TPSA) is 96.2 Å². The van der Waals surface area contributed by atoms with Gasteiger partial charge < -0.3 is 28.6 Å². The fraction of sp³-hybridized carbons (Fsp3) is 0.478. The van der Waals surface area contributed by atoms with Crippen molar-refractivity contribution >= 4 is 17.6 Å². The Hall–Kier alpha value is -2.55. The third-order valence-electron chi connectivity index (χ3n) is 6.10. The Morgan fingerprint density at radius 3 is 2.66 bits per heavy atom. The molecule has 1 aliphatic carbocycles. The van der Waals surface area contributed by atoms with Crippen molar-refractivity contribution in [1.29, 1.82) is 0 Å². The van der Waals surface area contributed by atoms with Gasteiger partial charge in [-0.1, -0.05) is 11.6 Å². The zero-order chi connectivity index (χ0) is 22.4. The van der Waals surface area contributed by atoms with Gasteiger partial charge in [0.05, 0.1) is 30.5 Å². The van der Waals surface area contributed by atoms with Crippen LogP contribution in [0.25, 0.3) is 11.3 Å². The second-order valence-corrected chi connectivity index (χ2v) is 8.79. The highest BCUT2D eigenvalue weighted by Crippen LogP contribution is 2.51. The maximum absolute atomic E-state index is 13.1. The molecule has 32 heavy (non-hydrogen) atoms. The van der Waals surface area contributed by atoms with E-state index in [2.05, 4.69) is 0 Å². The Labute approximate surface area is 189 Å². The summed E-state index contributed by atoms with van der Waals surface area (Å²) in [7, 11) is 1.64. The average Bonchev–Trinajstić information content (AvgIpc) is 3.55. The lowest BCUT2D eigenvalue weighted by molar-refractivity contribution is -0.0852. The molecular weight excluding hydrogens is 438 g/mol. The summed E-state index contributed by atoms with van der Waals surface area (Å²) in [6, 6.07) is 4.94. The number of fused-ring (bicyclic) bond motifs is 3. The Balaban J connectivity index is 1.65. The molecule has 3 aliphatic rings. The number of benzene rings is 1. The smallest absolute Gasteiger partial charge is 0.341 e. The van der Waals surface area contributed by atoms with E-state index in [0.717, 1.165) is 19.3 Å². The van der Waals surface area contributed by atoms with Gasteiger partial charge >= 0.3 is 5.97 Å². The van der Waals surface area contributed by atoms with Crippen LogP contribution in [0.4, 0.5) is 0 Å². The summed E-state index contributed by atoms with van der Waals surface area (Å²) in [6.45, 7) is 2.05. The zero-order valence-electron chi connectivity index (χ0n) is 17.6. The highest BCUT2D eigenvalue weighted by atomic mass is 35.5. The molecule has 2 aliphatic heterocycles. The number of hydrogen-bond acceptors (Lipinski definition) is 6. The van der Waals surface area contributed by atoms with Crippen molar-refractivity contribution in [2.24, 2.45) is 5.92 Å². The van der Waals surface area contributed by atoms with Gasteiger partial charge in [0, 0.05) is 49.3 Å². The molecule has 1 aromatic carbocycles. The molecule has 9 heteroatoms. The molecule has 1 unspecified atom stereocenters. The number of rotatable bonds is 8. The first kappa shape index (κ1) is 21.3.